The van der Waals surface area contributed by atoms with Gasteiger partial charge < -0.3 is 9.30 Å². The van der Waals surface area contributed by atoms with E-state index in [4.69, 9.17) is 16.3 Å². The number of fused-ring (bicyclic) bond motifs is 3. The van der Waals surface area contributed by atoms with Crippen molar-refractivity contribution in [2.45, 2.75) is 31.7 Å². The molecule has 0 fully saturated rings. The quantitative estimate of drug-likeness (QED) is 0.0268. The number of rotatable bonds is 11. The van der Waals surface area contributed by atoms with Crippen LogP contribution in [-0.4, -0.2) is 39.6 Å². The number of esters is 1. The first kappa shape index (κ1) is 31.3. The van der Waals surface area contributed by atoms with Crippen molar-refractivity contribution in [3.63, 3.8) is 0 Å². The van der Waals surface area contributed by atoms with Crippen molar-refractivity contribution >= 4 is 69.0 Å². The zero-order chi connectivity index (χ0) is 32.0. The highest BCUT2D eigenvalue weighted by molar-refractivity contribution is 7.99. The first-order chi connectivity index (χ1) is 22.4. The monoisotopic (exact) mass is 645 g/mol. The number of ketones is 1. The third-order valence-electron chi connectivity index (χ3n) is 8.07. The van der Waals surface area contributed by atoms with E-state index < -0.39 is 5.97 Å². The number of thioether (sulfide) groups is 1. The molecule has 1 aromatic heterocycles. The zero-order valence-electron chi connectivity index (χ0n) is 25.8. The van der Waals surface area contributed by atoms with Crippen LogP contribution < -0.4 is 0 Å². The molecule has 7 heteroatoms. The third kappa shape index (κ3) is 6.79. The highest BCUT2D eigenvalue weighted by atomic mass is 35.5. The number of nitrogens with zero attached hydrogens (tertiary/aromatic N) is 2. The Labute approximate surface area is 278 Å². The van der Waals surface area contributed by atoms with Gasteiger partial charge in [0, 0.05) is 73.7 Å². The molecule has 0 unspecified atom stereocenters. The van der Waals surface area contributed by atoms with Gasteiger partial charge in [0.1, 0.15) is 0 Å². The molecule has 1 heterocycles. The van der Waals surface area contributed by atoms with Crippen LogP contribution in [0.25, 0.3) is 21.8 Å². The Morgan fingerprint density at radius 2 is 1.52 bits per heavy atom. The van der Waals surface area contributed by atoms with E-state index in [1.54, 1.807) is 23.9 Å². The van der Waals surface area contributed by atoms with Gasteiger partial charge in [-0.15, -0.1) is 11.8 Å². The molecule has 0 aliphatic carbocycles. The van der Waals surface area contributed by atoms with Crippen LogP contribution in [0, 0.1) is 6.92 Å². The topological polar surface area (TPSA) is 51.3 Å². The summed E-state index contributed by atoms with van der Waals surface area (Å²) in [6.07, 6.45) is 2.37. The molecule has 6 rings (SSSR count). The largest absolute Gasteiger partial charge is 0.373 e. The molecule has 0 aliphatic rings. The molecule has 0 saturated heterocycles. The highest BCUT2D eigenvalue weighted by Gasteiger charge is 2.19. The number of hydrogen-bond acceptors (Lipinski definition) is 4. The minimum Gasteiger partial charge on any atom is -0.373 e. The smallest absolute Gasteiger partial charge is 0.347 e. The summed E-state index contributed by atoms with van der Waals surface area (Å²) in [5.41, 5.74) is 5.86. The van der Waals surface area contributed by atoms with E-state index in [-0.39, 0.29) is 5.78 Å². The molecule has 230 valence electrons. The molecule has 0 spiro atoms. The molecule has 6 aromatic rings. The Morgan fingerprint density at radius 3 is 2.26 bits per heavy atom. The van der Waals surface area contributed by atoms with Gasteiger partial charge in [-0.1, -0.05) is 54.1 Å². The fraction of sp³-hybridized carbons (Fsp3) is 0.154. The Hall–Kier alpha value is -4.65. The maximum Gasteiger partial charge on any atom is 0.347 e. The summed E-state index contributed by atoms with van der Waals surface area (Å²) in [4.78, 5) is 27.6. The van der Waals surface area contributed by atoms with E-state index in [0.29, 0.717) is 23.2 Å². The van der Waals surface area contributed by atoms with E-state index in [1.165, 1.54) is 6.40 Å². The van der Waals surface area contributed by atoms with Gasteiger partial charge in [0.25, 0.3) is 0 Å². The lowest BCUT2D eigenvalue weighted by atomic mass is 9.98. The van der Waals surface area contributed by atoms with Crippen molar-refractivity contribution in [2.75, 3.05) is 12.3 Å². The number of carbonyl (C=O) groups is 2. The fourth-order valence-corrected chi connectivity index (χ4v) is 6.65. The van der Waals surface area contributed by atoms with Crippen molar-refractivity contribution in [3.05, 3.63) is 143 Å². The van der Waals surface area contributed by atoms with E-state index in [1.807, 2.05) is 96.4 Å². The molecule has 0 N–H and O–H groups in total. The lowest BCUT2D eigenvalue weighted by molar-refractivity contribution is -0.443. The van der Waals surface area contributed by atoms with Crippen LogP contribution >= 0.6 is 23.4 Å². The minimum absolute atomic E-state index is 0.00882. The van der Waals surface area contributed by atoms with E-state index in [0.717, 1.165) is 61.7 Å². The van der Waals surface area contributed by atoms with Gasteiger partial charge in [-0.05, 0) is 80.1 Å². The maximum atomic E-state index is 13.6. The molecular formula is C39H34ClN2O3S+. The molecule has 0 atom stereocenters. The Balaban J connectivity index is 1.35. The first-order valence-electron chi connectivity index (χ1n) is 15.3. The Bertz CT molecular complexity index is 2070. The summed E-state index contributed by atoms with van der Waals surface area (Å²) >= 11 is 7.81. The second-order valence-corrected chi connectivity index (χ2v) is 12.7. The number of ether oxygens (including phenoxy) is 1. The molecule has 0 amide bonds. The van der Waals surface area contributed by atoms with Crippen molar-refractivity contribution in [2.24, 2.45) is 0 Å². The summed E-state index contributed by atoms with van der Waals surface area (Å²) in [7, 11) is 0. The van der Waals surface area contributed by atoms with Crippen molar-refractivity contribution < 1.29 is 18.9 Å². The summed E-state index contributed by atoms with van der Waals surface area (Å²) in [6, 6.07) is 36.8. The number of carbonyl (C=O) groups excluding carboxylic acids is 2. The predicted octanol–water partition coefficient (Wildman–Crippen LogP) is 9.72. The van der Waals surface area contributed by atoms with Crippen LogP contribution in [0.4, 0.5) is 5.69 Å². The number of benzene rings is 5. The first-order valence-corrected chi connectivity index (χ1v) is 16.7. The van der Waals surface area contributed by atoms with E-state index in [9.17, 15) is 9.59 Å². The molecule has 46 heavy (non-hydrogen) atoms. The van der Waals surface area contributed by atoms with Gasteiger partial charge in [0.2, 0.25) is 5.69 Å². The SMILES string of the molecule is CCn1c2ccc(C(=O)c3ccccc3C)cc2c2cc([N+](=COC(=O)c3ccccc3)CCCSc3ccc(Cl)cc3)ccc21. The average Bonchev–Trinajstić information content (AvgIpc) is 3.41. The fourth-order valence-electron chi connectivity index (χ4n) is 5.69. The van der Waals surface area contributed by atoms with Gasteiger partial charge in [0.05, 0.1) is 5.56 Å². The molecule has 0 saturated carbocycles. The summed E-state index contributed by atoms with van der Waals surface area (Å²) < 4.78 is 9.95. The lowest BCUT2D eigenvalue weighted by Gasteiger charge is -2.06. The lowest BCUT2D eigenvalue weighted by Crippen LogP contribution is -2.15. The Kier molecular flexibility index (Phi) is 9.67. The number of hydrogen-bond donors (Lipinski definition) is 0. The molecule has 0 bridgehead atoms. The molecule has 0 aliphatic heterocycles. The van der Waals surface area contributed by atoms with Crippen LogP contribution in [-0.2, 0) is 11.3 Å². The summed E-state index contributed by atoms with van der Waals surface area (Å²) in [5, 5.41) is 2.77. The second-order valence-electron chi connectivity index (χ2n) is 11.0. The van der Waals surface area contributed by atoms with Crippen LogP contribution in [0.3, 0.4) is 0 Å². The molecule has 5 nitrogen and oxygen atoms in total. The zero-order valence-corrected chi connectivity index (χ0v) is 27.4. The number of aromatic nitrogens is 1. The second kappa shape index (κ2) is 14.2. The van der Waals surface area contributed by atoms with Gasteiger partial charge in [0.15, 0.2) is 12.3 Å². The predicted molar refractivity (Wildman–Crippen MR) is 189 cm³/mol. The van der Waals surface area contributed by atoms with Crippen LogP contribution in [0.2, 0.25) is 5.02 Å². The van der Waals surface area contributed by atoms with Crippen LogP contribution in [0.5, 0.6) is 0 Å². The number of halogens is 1. The maximum absolute atomic E-state index is 13.6. The number of aryl methyl sites for hydroxylation is 2. The molecule has 5 aromatic carbocycles. The standard InChI is InChI=1S/C39H34ClN2O3S/c1-3-42-36-20-14-29(38(43)33-13-8-7-10-27(33)2)24-34(36)35-25-31(17-21-37(35)42)41(26-45-39(44)28-11-5-4-6-12-28)22-9-23-46-32-18-15-30(40)16-19-32/h4-8,10-21,24-26H,3,9,22-23H2,1-2H3/q+1. The average molecular weight is 646 g/mol. The summed E-state index contributed by atoms with van der Waals surface area (Å²) in [6.45, 7) is 5.51. The van der Waals surface area contributed by atoms with Crippen LogP contribution in [0.1, 0.15) is 45.2 Å². The molecular weight excluding hydrogens is 612 g/mol. The van der Waals surface area contributed by atoms with Gasteiger partial charge in [-0.3, -0.25) is 4.79 Å². The minimum atomic E-state index is -0.413. The van der Waals surface area contributed by atoms with Crippen molar-refractivity contribution in [3.8, 4) is 0 Å². The highest BCUT2D eigenvalue weighted by Crippen LogP contribution is 2.33. The van der Waals surface area contributed by atoms with Gasteiger partial charge in [-0.25, -0.2) is 4.79 Å². The summed E-state index contributed by atoms with van der Waals surface area (Å²) in [5.74, 6) is 0.471. The van der Waals surface area contributed by atoms with Crippen molar-refractivity contribution in [1.82, 2.24) is 4.57 Å². The third-order valence-corrected chi connectivity index (χ3v) is 9.42. The van der Waals surface area contributed by atoms with E-state index >= 15 is 0 Å². The van der Waals surface area contributed by atoms with Gasteiger partial charge in [-0.2, -0.15) is 4.58 Å². The Morgan fingerprint density at radius 1 is 0.826 bits per heavy atom. The van der Waals surface area contributed by atoms with Crippen molar-refractivity contribution in [1.29, 1.82) is 0 Å². The molecule has 0 radical (unpaired) electrons. The van der Waals surface area contributed by atoms with Crippen LogP contribution in [0.15, 0.2) is 120 Å². The van der Waals surface area contributed by atoms with E-state index in [2.05, 4.69) is 29.7 Å². The van der Waals surface area contributed by atoms with Gasteiger partial charge >= 0.3 is 12.4 Å². The normalized spacial score (nSPS) is 11.7.